The highest BCUT2D eigenvalue weighted by atomic mass is 19.1. The van der Waals surface area contributed by atoms with Crippen LogP contribution in [0.2, 0.25) is 0 Å². The Morgan fingerprint density at radius 3 is 2.60 bits per heavy atom. The van der Waals surface area contributed by atoms with Crippen LogP contribution in [0.3, 0.4) is 0 Å². The highest BCUT2D eigenvalue weighted by Crippen LogP contribution is 2.27. The molecule has 25 heavy (non-hydrogen) atoms. The van der Waals surface area contributed by atoms with E-state index in [0.717, 1.165) is 5.69 Å². The van der Waals surface area contributed by atoms with Crippen molar-refractivity contribution in [3.63, 3.8) is 0 Å². The van der Waals surface area contributed by atoms with Crippen LogP contribution in [0, 0.1) is 12.7 Å². The predicted molar refractivity (Wildman–Crippen MR) is 97.5 cm³/mol. The molecule has 1 heterocycles. The Morgan fingerprint density at radius 2 is 1.92 bits per heavy atom. The number of benzene rings is 2. The summed E-state index contributed by atoms with van der Waals surface area (Å²) < 4.78 is 19.3. The smallest absolute Gasteiger partial charge is 0.287 e. The summed E-state index contributed by atoms with van der Waals surface area (Å²) >= 11 is 0. The first-order valence-electron chi connectivity index (χ1n) is 8.22. The van der Waals surface area contributed by atoms with E-state index in [1.165, 1.54) is 6.07 Å². The summed E-state index contributed by atoms with van der Waals surface area (Å²) in [5.41, 5.74) is 1.85. The summed E-state index contributed by atoms with van der Waals surface area (Å²) in [6.07, 6.45) is 0. The molecule has 0 bridgehead atoms. The van der Waals surface area contributed by atoms with Crippen molar-refractivity contribution in [2.45, 2.75) is 19.9 Å². The highest BCUT2D eigenvalue weighted by Gasteiger charge is 2.20. The molecule has 1 aromatic heterocycles. The van der Waals surface area contributed by atoms with Gasteiger partial charge in [-0.1, -0.05) is 30.3 Å². The summed E-state index contributed by atoms with van der Waals surface area (Å²) in [6, 6.07) is 14.7. The molecule has 3 aromatic rings. The van der Waals surface area contributed by atoms with Crippen LogP contribution >= 0.6 is 0 Å². The first-order valence-corrected chi connectivity index (χ1v) is 8.22. The molecule has 0 aliphatic carbocycles. The summed E-state index contributed by atoms with van der Waals surface area (Å²) in [5, 5.41) is 3.50. The number of anilines is 1. The van der Waals surface area contributed by atoms with Gasteiger partial charge in [0, 0.05) is 36.3 Å². The van der Waals surface area contributed by atoms with Gasteiger partial charge in [0.05, 0.1) is 0 Å². The first-order chi connectivity index (χ1) is 12.0. The second-order valence-electron chi connectivity index (χ2n) is 6.18. The molecule has 0 radical (unpaired) electrons. The van der Waals surface area contributed by atoms with Crippen molar-refractivity contribution in [1.29, 1.82) is 0 Å². The van der Waals surface area contributed by atoms with Crippen LogP contribution in [-0.4, -0.2) is 25.5 Å². The van der Waals surface area contributed by atoms with Gasteiger partial charge in [-0.25, -0.2) is 4.39 Å². The molecule has 1 N–H and O–H groups in total. The predicted octanol–water partition coefficient (Wildman–Crippen LogP) is 4.14. The summed E-state index contributed by atoms with van der Waals surface area (Å²) in [7, 11) is 1.98. The van der Waals surface area contributed by atoms with E-state index in [4.69, 9.17) is 4.42 Å². The number of hydrogen-bond acceptors (Lipinski definition) is 3. The SMILES string of the molecule is Cc1c(C(=O)NC[C@@H](C)N(C)c2ccccc2)oc2c(F)cccc12. The van der Waals surface area contributed by atoms with E-state index in [-0.39, 0.29) is 23.3 Å². The zero-order chi connectivity index (χ0) is 18.0. The number of fused-ring (bicyclic) bond motifs is 1. The third-order valence-corrected chi connectivity index (χ3v) is 4.50. The highest BCUT2D eigenvalue weighted by molar-refractivity contribution is 5.99. The van der Waals surface area contributed by atoms with Gasteiger partial charge < -0.3 is 14.6 Å². The van der Waals surface area contributed by atoms with Gasteiger partial charge in [0.2, 0.25) is 0 Å². The maximum absolute atomic E-state index is 13.8. The second-order valence-corrected chi connectivity index (χ2v) is 6.18. The van der Waals surface area contributed by atoms with Gasteiger partial charge in [-0.2, -0.15) is 0 Å². The molecule has 0 fully saturated rings. The van der Waals surface area contributed by atoms with Gasteiger partial charge in [-0.3, -0.25) is 4.79 Å². The molecule has 2 aromatic carbocycles. The van der Waals surface area contributed by atoms with Gasteiger partial charge in [-0.05, 0) is 32.0 Å². The first kappa shape index (κ1) is 17.0. The number of likely N-dealkylation sites (N-methyl/N-ethyl adjacent to an activating group) is 1. The zero-order valence-electron chi connectivity index (χ0n) is 14.5. The maximum atomic E-state index is 13.8. The van der Waals surface area contributed by atoms with E-state index < -0.39 is 5.82 Å². The molecule has 0 spiro atoms. The van der Waals surface area contributed by atoms with Crippen LogP contribution in [0.15, 0.2) is 52.9 Å². The summed E-state index contributed by atoms with van der Waals surface area (Å²) in [6.45, 7) is 4.24. The quantitative estimate of drug-likeness (QED) is 0.759. The lowest BCUT2D eigenvalue weighted by molar-refractivity contribution is 0.0925. The molecule has 0 saturated heterocycles. The molecular weight excluding hydrogens is 319 g/mol. The Morgan fingerprint density at radius 1 is 1.20 bits per heavy atom. The fraction of sp³-hybridized carbons (Fsp3) is 0.250. The number of carbonyl (C=O) groups is 1. The van der Waals surface area contributed by atoms with Crippen molar-refractivity contribution in [3.8, 4) is 0 Å². The molecule has 0 aliphatic heterocycles. The second kappa shape index (κ2) is 6.97. The summed E-state index contributed by atoms with van der Waals surface area (Å²) in [5.74, 6) is -0.632. The number of nitrogens with one attached hydrogen (secondary N) is 1. The van der Waals surface area contributed by atoms with E-state index in [1.807, 2.05) is 44.3 Å². The number of nitrogens with zero attached hydrogens (tertiary/aromatic N) is 1. The molecule has 0 unspecified atom stereocenters. The third kappa shape index (κ3) is 3.36. The van der Waals surface area contributed by atoms with Gasteiger partial charge >= 0.3 is 0 Å². The van der Waals surface area contributed by atoms with Gasteiger partial charge in [0.25, 0.3) is 5.91 Å². The van der Waals surface area contributed by atoms with E-state index in [2.05, 4.69) is 10.2 Å². The molecular formula is C20H21FN2O2. The number of para-hydroxylation sites is 2. The molecule has 3 rings (SSSR count). The monoisotopic (exact) mass is 340 g/mol. The molecule has 0 saturated carbocycles. The molecule has 0 aliphatic rings. The molecule has 130 valence electrons. The Kier molecular flexibility index (Phi) is 4.74. The standard InChI is InChI=1S/C20H21FN2O2/c1-13(23(3)15-8-5-4-6-9-15)12-22-20(24)18-14(2)16-10-7-11-17(21)19(16)25-18/h4-11,13H,12H2,1-3H3,(H,22,24)/t13-/m1/s1. The number of halogens is 1. The van der Waals surface area contributed by atoms with Crippen LogP contribution in [0.1, 0.15) is 23.0 Å². The topological polar surface area (TPSA) is 45.5 Å². The lowest BCUT2D eigenvalue weighted by Gasteiger charge is -2.27. The lowest BCUT2D eigenvalue weighted by Crippen LogP contribution is -2.40. The Labute approximate surface area is 146 Å². The number of aryl methyl sites for hydroxylation is 1. The Hall–Kier alpha value is -2.82. The minimum Gasteiger partial charge on any atom is -0.448 e. The molecule has 1 amide bonds. The molecule has 5 heteroatoms. The minimum absolute atomic E-state index is 0.0905. The number of rotatable bonds is 5. The number of amides is 1. The Balaban J connectivity index is 1.71. The van der Waals surface area contributed by atoms with Crippen molar-refractivity contribution in [2.75, 3.05) is 18.5 Å². The normalized spacial score (nSPS) is 12.2. The van der Waals surface area contributed by atoms with Crippen molar-refractivity contribution in [2.24, 2.45) is 0 Å². The number of hydrogen-bond donors (Lipinski definition) is 1. The van der Waals surface area contributed by atoms with Gasteiger partial charge in [0.15, 0.2) is 17.2 Å². The third-order valence-electron chi connectivity index (χ3n) is 4.50. The average molecular weight is 340 g/mol. The van der Waals surface area contributed by atoms with Crippen LogP contribution in [0.25, 0.3) is 11.0 Å². The lowest BCUT2D eigenvalue weighted by atomic mass is 10.1. The average Bonchev–Trinajstić information content (AvgIpc) is 2.98. The van der Waals surface area contributed by atoms with Crippen molar-refractivity contribution < 1.29 is 13.6 Å². The van der Waals surface area contributed by atoms with Gasteiger partial charge in [-0.15, -0.1) is 0 Å². The fourth-order valence-electron chi connectivity index (χ4n) is 2.80. The van der Waals surface area contributed by atoms with E-state index >= 15 is 0 Å². The van der Waals surface area contributed by atoms with E-state index in [9.17, 15) is 9.18 Å². The molecule has 1 atom stereocenters. The van der Waals surface area contributed by atoms with Crippen molar-refractivity contribution in [1.82, 2.24) is 5.32 Å². The van der Waals surface area contributed by atoms with E-state index in [0.29, 0.717) is 17.5 Å². The largest absolute Gasteiger partial charge is 0.448 e. The van der Waals surface area contributed by atoms with Gasteiger partial charge in [0.1, 0.15) is 0 Å². The van der Waals surface area contributed by atoms with Crippen LogP contribution in [0.4, 0.5) is 10.1 Å². The van der Waals surface area contributed by atoms with Crippen LogP contribution < -0.4 is 10.2 Å². The fourth-order valence-corrected chi connectivity index (χ4v) is 2.80. The zero-order valence-corrected chi connectivity index (χ0v) is 14.5. The number of furan rings is 1. The maximum Gasteiger partial charge on any atom is 0.287 e. The Bertz CT molecular complexity index is 889. The molecule has 4 nitrogen and oxygen atoms in total. The van der Waals surface area contributed by atoms with Crippen molar-refractivity contribution in [3.05, 3.63) is 65.7 Å². The summed E-state index contributed by atoms with van der Waals surface area (Å²) in [4.78, 5) is 14.6. The minimum atomic E-state index is -0.461. The van der Waals surface area contributed by atoms with Crippen LogP contribution in [-0.2, 0) is 0 Å². The number of carbonyl (C=O) groups excluding carboxylic acids is 1. The van der Waals surface area contributed by atoms with E-state index in [1.54, 1.807) is 19.1 Å². The van der Waals surface area contributed by atoms with Crippen LogP contribution in [0.5, 0.6) is 0 Å². The van der Waals surface area contributed by atoms with Crippen molar-refractivity contribution >= 4 is 22.6 Å².